The maximum absolute atomic E-state index is 13.1. The summed E-state index contributed by atoms with van der Waals surface area (Å²) in [5.74, 6) is -0.140. The van der Waals surface area contributed by atoms with Gasteiger partial charge in [-0.05, 0) is 94.8 Å². The zero-order valence-electron chi connectivity index (χ0n) is 27.6. The predicted octanol–water partition coefficient (Wildman–Crippen LogP) is 4.14. The number of anilines is 1. The van der Waals surface area contributed by atoms with Gasteiger partial charge >= 0.3 is 11.8 Å². The van der Waals surface area contributed by atoms with Crippen LogP contribution in [0.1, 0.15) is 58.9 Å². The lowest BCUT2D eigenvalue weighted by atomic mass is 10.0. The standard InChI is InChI=1S/C35H46N6O5/c1-35(2,3)46-34(45)39-18-15-26(16-19-39)37(4)21-23-14-17-40(22-23)27-9-6-24(7-10-27)25-8-11-28-30(20-25)38(5)33(44)41(28)29-12-13-31(42)36-32(29)43/h6-11,20,23,26,29H,12-19,21-22H2,1-5H3,(H,36,42,43)/t23-,29?/m1/s1. The number of ether oxygens (including phenoxy) is 1. The molecule has 6 rings (SSSR count). The molecule has 3 saturated heterocycles. The van der Waals surface area contributed by atoms with Crippen LogP contribution < -0.4 is 15.9 Å². The van der Waals surface area contributed by atoms with Crippen LogP contribution in [0.15, 0.2) is 47.3 Å². The number of rotatable bonds is 6. The molecule has 46 heavy (non-hydrogen) atoms. The van der Waals surface area contributed by atoms with E-state index in [1.807, 2.05) is 43.9 Å². The minimum Gasteiger partial charge on any atom is -0.444 e. The molecule has 246 valence electrons. The number of carbonyl (C=O) groups is 3. The third-order valence-corrected chi connectivity index (χ3v) is 9.75. The molecule has 2 atom stereocenters. The first-order chi connectivity index (χ1) is 21.9. The molecule has 1 N–H and O–H groups in total. The van der Waals surface area contributed by atoms with Crippen molar-refractivity contribution in [3.63, 3.8) is 0 Å². The molecule has 0 radical (unpaired) electrons. The summed E-state index contributed by atoms with van der Waals surface area (Å²) in [6.07, 6.45) is 3.41. The highest BCUT2D eigenvalue weighted by atomic mass is 16.6. The molecule has 2 aromatic carbocycles. The lowest BCUT2D eigenvalue weighted by Gasteiger charge is -2.38. The van der Waals surface area contributed by atoms with Crippen LogP contribution in [0.5, 0.6) is 0 Å². The number of carbonyl (C=O) groups excluding carboxylic acids is 3. The number of piperidine rings is 2. The molecule has 11 nitrogen and oxygen atoms in total. The number of hydrogen-bond acceptors (Lipinski definition) is 7. The summed E-state index contributed by atoms with van der Waals surface area (Å²) in [5, 5.41) is 2.36. The molecule has 11 heteroatoms. The van der Waals surface area contributed by atoms with E-state index in [1.54, 1.807) is 11.6 Å². The van der Waals surface area contributed by atoms with E-state index in [0.29, 0.717) is 23.9 Å². The third-order valence-electron chi connectivity index (χ3n) is 9.75. The van der Waals surface area contributed by atoms with E-state index in [2.05, 4.69) is 46.4 Å². The summed E-state index contributed by atoms with van der Waals surface area (Å²) < 4.78 is 8.64. The number of hydrogen-bond donors (Lipinski definition) is 1. The van der Waals surface area contributed by atoms with Crippen molar-refractivity contribution < 1.29 is 19.1 Å². The zero-order chi connectivity index (χ0) is 32.7. The highest BCUT2D eigenvalue weighted by Crippen LogP contribution is 2.31. The summed E-state index contributed by atoms with van der Waals surface area (Å²) in [5.41, 5.74) is 3.95. The first kappa shape index (κ1) is 31.8. The number of nitrogens with one attached hydrogen (secondary N) is 1. The van der Waals surface area contributed by atoms with Gasteiger partial charge in [0.2, 0.25) is 11.8 Å². The largest absolute Gasteiger partial charge is 0.444 e. The quantitative estimate of drug-likeness (QED) is 0.408. The van der Waals surface area contributed by atoms with Crippen molar-refractivity contribution in [2.75, 3.05) is 44.7 Å². The highest BCUT2D eigenvalue weighted by molar-refractivity contribution is 6.00. The number of nitrogens with zero attached hydrogens (tertiary/aromatic N) is 5. The van der Waals surface area contributed by atoms with Crippen LogP contribution in [0.25, 0.3) is 22.2 Å². The molecule has 0 saturated carbocycles. The van der Waals surface area contributed by atoms with E-state index in [1.165, 1.54) is 10.3 Å². The highest BCUT2D eigenvalue weighted by Gasteiger charge is 2.32. The monoisotopic (exact) mass is 630 g/mol. The Morgan fingerprint density at radius 2 is 1.63 bits per heavy atom. The van der Waals surface area contributed by atoms with Crippen molar-refractivity contribution >= 4 is 34.6 Å². The summed E-state index contributed by atoms with van der Waals surface area (Å²) in [6, 6.07) is 14.3. The first-order valence-corrected chi connectivity index (χ1v) is 16.5. The van der Waals surface area contributed by atoms with Gasteiger partial charge in [-0.15, -0.1) is 0 Å². The summed E-state index contributed by atoms with van der Waals surface area (Å²) in [4.78, 5) is 56.6. The van der Waals surface area contributed by atoms with Gasteiger partial charge in [0.05, 0.1) is 11.0 Å². The minimum absolute atomic E-state index is 0.207. The van der Waals surface area contributed by atoms with Crippen LogP contribution in [-0.2, 0) is 21.4 Å². The fourth-order valence-electron chi connectivity index (χ4n) is 7.23. The minimum atomic E-state index is -0.694. The van der Waals surface area contributed by atoms with Crippen LogP contribution in [0.2, 0.25) is 0 Å². The molecule has 3 fully saturated rings. The topological polar surface area (TPSA) is 109 Å². The fourth-order valence-corrected chi connectivity index (χ4v) is 7.23. The molecular formula is C35H46N6O5. The summed E-state index contributed by atoms with van der Waals surface area (Å²) in [7, 11) is 3.94. The number of aromatic nitrogens is 2. The van der Waals surface area contributed by atoms with E-state index < -0.39 is 17.6 Å². The van der Waals surface area contributed by atoms with E-state index in [9.17, 15) is 19.2 Å². The summed E-state index contributed by atoms with van der Waals surface area (Å²) in [6.45, 7) is 10.3. The van der Waals surface area contributed by atoms with Crippen molar-refractivity contribution in [1.29, 1.82) is 0 Å². The zero-order valence-corrected chi connectivity index (χ0v) is 27.6. The van der Waals surface area contributed by atoms with E-state index in [0.717, 1.165) is 68.6 Å². The lowest BCUT2D eigenvalue weighted by molar-refractivity contribution is -0.135. The Labute approximate surface area is 270 Å². The molecule has 1 unspecified atom stereocenters. The summed E-state index contributed by atoms with van der Waals surface area (Å²) >= 11 is 0. The Hall–Kier alpha value is -4.12. The van der Waals surface area contributed by atoms with Gasteiger partial charge in [0, 0.05) is 57.9 Å². The normalized spacial score (nSPS) is 21.3. The van der Waals surface area contributed by atoms with E-state index in [4.69, 9.17) is 4.74 Å². The van der Waals surface area contributed by atoms with Crippen LogP contribution in [-0.4, -0.2) is 88.3 Å². The van der Waals surface area contributed by atoms with Crippen LogP contribution in [0, 0.1) is 5.92 Å². The average molecular weight is 631 g/mol. The van der Waals surface area contributed by atoms with Crippen LogP contribution in [0.3, 0.4) is 0 Å². The predicted molar refractivity (Wildman–Crippen MR) is 178 cm³/mol. The smallest absolute Gasteiger partial charge is 0.410 e. The Kier molecular flexibility index (Phi) is 8.71. The number of fused-ring (bicyclic) bond motifs is 1. The Morgan fingerprint density at radius 3 is 2.30 bits per heavy atom. The van der Waals surface area contributed by atoms with Gasteiger partial charge in [0.25, 0.3) is 0 Å². The maximum Gasteiger partial charge on any atom is 0.410 e. The van der Waals surface area contributed by atoms with Crippen molar-refractivity contribution in [1.82, 2.24) is 24.3 Å². The van der Waals surface area contributed by atoms with Gasteiger partial charge in [-0.3, -0.25) is 24.0 Å². The molecule has 3 aliphatic heterocycles. The maximum atomic E-state index is 13.1. The third kappa shape index (κ3) is 6.56. The Bertz CT molecular complexity index is 1680. The lowest BCUT2D eigenvalue weighted by Crippen LogP contribution is -2.48. The molecule has 0 spiro atoms. The molecule has 0 bridgehead atoms. The van der Waals surface area contributed by atoms with Crippen LogP contribution in [0.4, 0.5) is 10.5 Å². The molecule has 3 amide bonds. The van der Waals surface area contributed by atoms with Crippen molar-refractivity contribution in [2.45, 2.75) is 70.6 Å². The SMILES string of the molecule is CN(C[C@H]1CCN(c2ccc(-c3ccc4c(c3)n(C)c(=O)n4C3CCC(=O)NC3=O)cc2)C1)C1CCN(C(=O)OC(C)(C)C)CC1. The number of imide groups is 1. The fraction of sp³-hybridized carbons (Fsp3) is 0.543. The number of aryl methyl sites for hydroxylation is 1. The Balaban J connectivity index is 1.06. The van der Waals surface area contributed by atoms with Gasteiger partial charge in [-0.2, -0.15) is 0 Å². The number of imidazole rings is 1. The molecular weight excluding hydrogens is 584 g/mol. The van der Waals surface area contributed by atoms with Crippen molar-refractivity contribution in [2.24, 2.45) is 13.0 Å². The van der Waals surface area contributed by atoms with Gasteiger partial charge in [0.1, 0.15) is 11.6 Å². The second-order valence-corrected chi connectivity index (χ2v) is 14.2. The average Bonchev–Trinajstić information content (AvgIpc) is 3.58. The van der Waals surface area contributed by atoms with Crippen molar-refractivity contribution in [3.8, 4) is 11.1 Å². The second kappa shape index (κ2) is 12.6. The molecule has 3 aliphatic rings. The van der Waals surface area contributed by atoms with E-state index in [-0.39, 0.29) is 24.1 Å². The second-order valence-electron chi connectivity index (χ2n) is 14.2. The molecule has 0 aliphatic carbocycles. The molecule has 3 aromatic rings. The molecule has 4 heterocycles. The number of likely N-dealkylation sites (tertiary alicyclic amines) is 1. The van der Waals surface area contributed by atoms with Crippen LogP contribution >= 0.6 is 0 Å². The van der Waals surface area contributed by atoms with Gasteiger partial charge < -0.3 is 19.4 Å². The van der Waals surface area contributed by atoms with E-state index >= 15 is 0 Å². The van der Waals surface area contributed by atoms with Gasteiger partial charge in [0.15, 0.2) is 0 Å². The molecule has 1 aromatic heterocycles. The van der Waals surface area contributed by atoms with Crippen molar-refractivity contribution in [3.05, 3.63) is 52.9 Å². The number of benzene rings is 2. The number of amides is 3. The van der Waals surface area contributed by atoms with Gasteiger partial charge in [-0.25, -0.2) is 9.59 Å². The first-order valence-electron chi connectivity index (χ1n) is 16.5. The van der Waals surface area contributed by atoms with Gasteiger partial charge in [-0.1, -0.05) is 18.2 Å². The Morgan fingerprint density at radius 1 is 0.935 bits per heavy atom.